The van der Waals surface area contributed by atoms with E-state index < -0.39 is 0 Å². The van der Waals surface area contributed by atoms with Crippen molar-refractivity contribution in [3.8, 4) is 5.75 Å². The van der Waals surface area contributed by atoms with Gasteiger partial charge in [0.15, 0.2) is 0 Å². The van der Waals surface area contributed by atoms with E-state index in [9.17, 15) is 0 Å². The summed E-state index contributed by atoms with van der Waals surface area (Å²) in [5.74, 6) is 0.929. The number of likely N-dealkylation sites (N-methyl/N-ethyl adjacent to an activating group) is 1. The summed E-state index contributed by atoms with van der Waals surface area (Å²) < 4.78 is 5.89. The third-order valence-electron chi connectivity index (χ3n) is 3.73. The highest BCUT2D eigenvalue weighted by Gasteiger charge is 2.13. The number of nitrogens with zero attached hydrogens (tertiary/aromatic N) is 1. The summed E-state index contributed by atoms with van der Waals surface area (Å²) in [4.78, 5) is 2.16. The quantitative estimate of drug-likeness (QED) is 0.845. The van der Waals surface area contributed by atoms with Crippen LogP contribution in [0.25, 0.3) is 0 Å². The Balaban J connectivity index is 1.89. The molecule has 0 saturated carbocycles. The number of hydrogen-bond donors (Lipinski definition) is 1. The van der Waals surface area contributed by atoms with Crippen molar-refractivity contribution in [2.45, 2.75) is 26.2 Å². The van der Waals surface area contributed by atoms with Crippen molar-refractivity contribution < 1.29 is 4.74 Å². The minimum absolute atomic E-state index is 0.139. The Morgan fingerprint density at radius 2 is 1.73 bits per heavy atom. The Hall–Kier alpha value is -2.16. The second-order valence-corrected chi connectivity index (χ2v) is 6.64. The molecular weight excluding hydrogens is 272 g/mol. The Kier molecular flexibility index (Phi) is 4.96. The van der Waals surface area contributed by atoms with Crippen molar-refractivity contribution in [2.24, 2.45) is 0 Å². The Bertz CT molecular complexity index is 600. The van der Waals surface area contributed by atoms with Gasteiger partial charge in [-0.05, 0) is 47.4 Å². The van der Waals surface area contributed by atoms with Gasteiger partial charge in [0.05, 0.1) is 6.54 Å². The molecule has 3 heteroatoms. The monoisotopic (exact) mass is 298 g/mol. The van der Waals surface area contributed by atoms with E-state index in [4.69, 9.17) is 10.5 Å². The fourth-order valence-corrected chi connectivity index (χ4v) is 2.21. The van der Waals surface area contributed by atoms with E-state index in [0.717, 1.165) is 23.7 Å². The van der Waals surface area contributed by atoms with E-state index in [1.807, 2.05) is 30.3 Å². The van der Waals surface area contributed by atoms with Crippen LogP contribution in [0.2, 0.25) is 0 Å². The van der Waals surface area contributed by atoms with Crippen molar-refractivity contribution in [3.63, 3.8) is 0 Å². The molecule has 0 aromatic heterocycles. The van der Waals surface area contributed by atoms with Crippen molar-refractivity contribution in [1.82, 2.24) is 0 Å². The van der Waals surface area contributed by atoms with Gasteiger partial charge in [-0.1, -0.05) is 32.9 Å². The van der Waals surface area contributed by atoms with Crippen LogP contribution in [-0.4, -0.2) is 20.2 Å². The third-order valence-corrected chi connectivity index (χ3v) is 3.73. The van der Waals surface area contributed by atoms with E-state index in [0.29, 0.717) is 6.61 Å². The lowest BCUT2D eigenvalue weighted by Crippen LogP contribution is -2.23. The van der Waals surface area contributed by atoms with Gasteiger partial charge in [0.25, 0.3) is 0 Å². The molecule has 22 heavy (non-hydrogen) atoms. The van der Waals surface area contributed by atoms with E-state index >= 15 is 0 Å². The predicted octanol–water partition coefficient (Wildman–Crippen LogP) is 4.08. The topological polar surface area (TPSA) is 38.5 Å². The first-order valence-corrected chi connectivity index (χ1v) is 7.66. The van der Waals surface area contributed by atoms with Crippen LogP contribution in [-0.2, 0) is 5.41 Å². The summed E-state index contributed by atoms with van der Waals surface area (Å²) in [6.45, 7) is 8.10. The summed E-state index contributed by atoms with van der Waals surface area (Å²) in [5.41, 5.74) is 9.06. The van der Waals surface area contributed by atoms with Gasteiger partial charge in [-0.25, -0.2) is 0 Å². The average molecular weight is 298 g/mol. The lowest BCUT2D eigenvalue weighted by atomic mass is 9.87. The van der Waals surface area contributed by atoms with Crippen LogP contribution in [0.15, 0.2) is 48.5 Å². The molecule has 0 bridgehead atoms. The van der Waals surface area contributed by atoms with Gasteiger partial charge in [-0.2, -0.15) is 0 Å². The van der Waals surface area contributed by atoms with E-state index in [-0.39, 0.29) is 5.41 Å². The van der Waals surface area contributed by atoms with Gasteiger partial charge in [0, 0.05) is 18.4 Å². The van der Waals surface area contributed by atoms with Crippen LogP contribution in [0.5, 0.6) is 5.75 Å². The molecule has 0 fully saturated rings. The highest BCUT2D eigenvalue weighted by molar-refractivity contribution is 5.52. The molecule has 0 atom stereocenters. The first kappa shape index (κ1) is 16.2. The summed E-state index contributed by atoms with van der Waals surface area (Å²) in [5, 5.41) is 0. The molecule has 2 rings (SSSR count). The fourth-order valence-electron chi connectivity index (χ4n) is 2.21. The molecule has 0 unspecified atom stereocenters. The van der Waals surface area contributed by atoms with Crippen LogP contribution < -0.4 is 15.4 Å². The highest BCUT2D eigenvalue weighted by Crippen LogP contribution is 2.25. The van der Waals surface area contributed by atoms with Crippen molar-refractivity contribution in [3.05, 3.63) is 54.1 Å². The first-order valence-electron chi connectivity index (χ1n) is 7.66. The van der Waals surface area contributed by atoms with Gasteiger partial charge in [0.2, 0.25) is 0 Å². The largest absolute Gasteiger partial charge is 0.492 e. The number of rotatable bonds is 5. The zero-order chi connectivity index (χ0) is 16.2. The minimum atomic E-state index is 0.139. The van der Waals surface area contributed by atoms with Crippen molar-refractivity contribution in [2.75, 3.05) is 30.8 Å². The molecule has 0 amide bonds. The SMILES string of the molecule is CN(CCOc1cccc(C(C)(C)C)c1)c1ccc(N)cc1. The Labute approximate surface area is 133 Å². The molecule has 0 heterocycles. The Morgan fingerprint density at radius 1 is 1.05 bits per heavy atom. The molecule has 2 aromatic carbocycles. The van der Waals surface area contributed by atoms with Crippen LogP contribution in [0, 0.1) is 0 Å². The van der Waals surface area contributed by atoms with E-state index in [2.05, 4.69) is 50.9 Å². The summed E-state index contributed by atoms with van der Waals surface area (Å²) in [7, 11) is 2.06. The molecule has 3 nitrogen and oxygen atoms in total. The van der Waals surface area contributed by atoms with Gasteiger partial charge >= 0.3 is 0 Å². The molecule has 0 aliphatic rings. The highest BCUT2D eigenvalue weighted by atomic mass is 16.5. The molecule has 2 N–H and O–H groups in total. The van der Waals surface area contributed by atoms with Gasteiger partial charge in [0.1, 0.15) is 12.4 Å². The molecule has 0 spiro atoms. The average Bonchev–Trinajstić information content (AvgIpc) is 2.47. The van der Waals surface area contributed by atoms with E-state index in [1.54, 1.807) is 0 Å². The van der Waals surface area contributed by atoms with Crippen molar-refractivity contribution >= 4 is 11.4 Å². The molecule has 0 saturated heterocycles. The minimum Gasteiger partial charge on any atom is -0.492 e. The second-order valence-electron chi connectivity index (χ2n) is 6.64. The fraction of sp³-hybridized carbons (Fsp3) is 0.368. The standard InChI is InChI=1S/C19H26N2O/c1-19(2,3)15-6-5-7-18(14-15)22-13-12-21(4)17-10-8-16(20)9-11-17/h5-11,14H,12-13,20H2,1-4H3. The van der Waals surface area contributed by atoms with E-state index in [1.165, 1.54) is 5.56 Å². The molecule has 118 valence electrons. The molecule has 2 aromatic rings. The lowest BCUT2D eigenvalue weighted by Gasteiger charge is -2.21. The number of ether oxygens (including phenoxy) is 1. The van der Waals surface area contributed by atoms with Gasteiger partial charge in [-0.15, -0.1) is 0 Å². The van der Waals surface area contributed by atoms with Gasteiger partial charge < -0.3 is 15.4 Å². The number of nitrogens with two attached hydrogens (primary N) is 1. The van der Waals surface area contributed by atoms with Crippen LogP contribution in [0.4, 0.5) is 11.4 Å². The lowest BCUT2D eigenvalue weighted by molar-refractivity contribution is 0.325. The first-order chi connectivity index (χ1) is 10.4. The van der Waals surface area contributed by atoms with Crippen molar-refractivity contribution in [1.29, 1.82) is 0 Å². The zero-order valence-electron chi connectivity index (χ0n) is 14.0. The summed E-state index contributed by atoms with van der Waals surface area (Å²) in [6.07, 6.45) is 0. The smallest absolute Gasteiger partial charge is 0.119 e. The van der Waals surface area contributed by atoms with Crippen LogP contribution in [0.1, 0.15) is 26.3 Å². The number of benzene rings is 2. The number of nitrogen functional groups attached to an aromatic ring is 1. The summed E-state index contributed by atoms with van der Waals surface area (Å²) >= 11 is 0. The maximum atomic E-state index is 5.89. The molecular formula is C19H26N2O. The summed E-state index contributed by atoms with van der Waals surface area (Å²) in [6, 6.07) is 16.2. The Morgan fingerprint density at radius 3 is 2.36 bits per heavy atom. The second kappa shape index (κ2) is 6.73. The number of anilines is 2. The normalized spacial score (nSPS) is 11.3. The third kappa shape index (κ3) is 4.42. The maximum Gasteiger partial charge on any atom is 0.119 e. The zero-order valence-corrected chi connectivity index (χ0v) is 14.0. The van der Waals surface area contributed by atoms with Crippen LogP contribution in [0.3, 0.4) is 0 Å². The molecule has 0 radical (unpaired) electrons. The van der Waals surface area contributed by atoms with Crippen LogP contribution >= 0.6 is 0 Å². The maximum absolute atomic E-state index is 5.89. The predicted molar refractivity (Wildman–Crippen MR) is 94.8 cm³/mol. The molecule has 0 aliphatic heterocycles. The van der Waals surface area contributed by atoms with Gasteiger partial charge in [-0.3, -0.25) is 0 Å². The molecule has 0 aliphatic carbocycles. The number of hydrogen-bond acceptors (Lipinski definition) is 3.